The number of amides is 1. The quantitative estimate of drug-likeness (QED) is 0.825. The Hall–Kier alpha value is -1.87. The lowest BCUT2D eigenvalue weighted by atomic mass is 9.72. The number of alkyl halides is 3. The van der Waals surface area contributed by atoms with Crippen LogP contribution in [0.15, 0.2) is 18.3 Å². The maximum Gasteiger partial charge on any atom is 0.416 e. The molecule has 4 rings (SSSR count). The molecule has 9 heteroatoms. The van der Waals surface area contributed by atoms with Gasteiger partial charge in [0.2, 0.25) is 5.91 Å². The second-order valence-corrected chi connectivity index (χ2v) is 8.40. The van der Waals surface area contributed by atoms with Crippen molar-refractivity contribution < 1.29 is 22.7 Å². The highest BCUT2D eigenvalue weighted by Crippen LogP contribution is 2.48. The normalized spacial score (nSPS) is 30.8. The molecule has 0 spiro atoms. The summed E-state index contributed by atoms with van der Waals surface area (Å²) >= 11 is 0. The molecule has 3 fully saturated rings. The third-order valence-electron chi connectivity index (χ3n) is 6.69. The van der Waals surface area contributed by atoms with Gasteiger partial charge in [0.1, 0.15) is 5.82 Å². The Balaban J connectivity index is 1.44. The van der Waals surface area contributed by atoms with E-state index < -0.39 is 17.2 Å². The lowest BCUT2D eigenvalue weighted by Crippen LogP contribution is -2.55. The van der Waals surface area contributed by atoms with E-state index in [-0.39, 0.29) is 17.9 Å². The number of hydrogen-bond acceptors (Lipinski definition) is 5. The van der Waals surface area contributed by atoms with E-state index in [1.165, 1.54) is 6.20 Å². The Labute approximate surface area is 168 Å². The molecule has 3 atom stereocenters. The molecule has 1 amide bonds. The van der Waals surface area contributed by atoms with Gasteiger partial charge in [-0.25, -0.2) is 4.98 Å². The van der Waals surface area contributed by atoms with E-state index in [0.717, 1.165) is 31.4 Å². The first kappa shape index (κ1) is 20.4. The van der Waals surface area contributed by atoms with Gasteiger partial charge >= 0.3 is 6.18 Å². The molecule has 6 nitrogen and oxygen atoms in total. The van der Waals surface area contributed by atoms with Crippen molar-refractivity contribution in [2.24, 2.45) is 17.1 Å². The summed E-state index contributed by atoms with van der Waals surface area (Å²) in [5.74, 6) is 0.637. The van der Waals surface area contributed by atoms with Crippen LogP contribution in [0.25, 0.3) is 0 Å². The highest BCUT2D eigenvalue weighted by Gasteiger charge is 2.52. The van der Waals surface area contributed by atoms with Crippen molar-refractivity contribution in [3.63, 3.8) is 0 Å². The average Bonchev–Trinajstić information content (AvgIpc) is 3.38. The van der Waals surface area contributed by atoms with Crippen LogP contribution in [0.4, 0.5) is 19.0 Å². The van der Waals surface area contributed by atoms with Gasteiger partial charge in [-0.3, -0.25) is 4.79 Å². The monoisotopic (exact) mass is 412 g/mol. The Kier molecular flexibility index (Phi) is 5.46. The molecule has 0 aromatic carbocycles. The smallest absolute Gasteiger partial charge is 0.381 e. The van der Waals surface area contributed by atoms with Gasteiger partial charge < -0.3 is 20.3 Å². The van der Waals surface area contributed by atoms with Crippen LogP contribution in [-0.4, -0.2) is 61.2 Å². The van der Waals surface area contributed by atoms with Crippen molar-refractivity contribution in [3.8, 4) is 0 Å². The van der Waals surface area contributed by atoms with Crippen LogP contribution in [0, 0.1) is 11.3 Å². The number of rotatable bonds is 3. The zero-order valence-corrected chi connectivity index (χ0v) is 16.3. The largest absolute Gasteiger partial charge is 0.416 e. The van der Waals surface area contributed by atoms with E-state index in [0.29, 0.717) is 51.6 Å². The molecule has 0 unspecified atom stereocenters. The molecule has 2 saturated heterocycles. The number of anilines is 1. The highest BCUT2D eigenvalue weighted by molar-refractivity contribution is 5.84. The average molecular weight is 412 g/mol. The molecule has 0 bridgehead atoms. The molecular formula is C20H27F3N4O2. The van der Waals surface area contributed by atoms with Gasteiger partial charge in [0.15, 0.2) is 0 Å². The van der Waals surface area contributed by atoms with Crippen molar-refractivity contribution >= 4 is 11.7 Å². The zero-order valence-electron chi connectivity index (χ0n) is 16.3. The van der Waals surface area contributed by atoms with Gasteiger partial charge in [0, 0.05) is 45.0 Å². The summed E-state index contributed by atoms with van der Waals surface area (Å²) in [5, 5.41) is 0. The molecule has 2 aliphatic heterocycles. The first-order valence-corrected chi connectivity index (χ1v) is 10.2. The number of ether oxygens (including phenoxy) is 1. The summed E-state index contributed by atoms with van der Waals surface area (Å²) in [5.41, 5.74) is 5.01. The fraction of sp³-hybridized carbons (Fsp3) is 0.700. The first-order chi connectivity index (χ1) is 13.8. The van der Waals surface area contributed by atoms with Crippen molar-refractivity contribution in [1.29, 1.82) is 0 Å². The fourth-order valence-electron chi connectivity index (χ4n) is 5.05. The minimum absolute atomic E-state index is 0.0372. The molecule has 1 saturated carbocycles. The molecule has 1 aliphatic carbocycles. The minimum atomic E-state index is -4.40. The van der Waals surface area contributed by atoms with Crippen LogP contribution in [0.3, 0.4) is 0 Å². The van der Waals surface area contributed by atoms with Crippen LogP contribution < -0.4 is 10.6 Å². The van der Waals surface area contributed by atoms with Gasteiger partial charge in [-0.1, -0.05) is 0 Å². The van der Waals surface area contributed by atoms with Crippen LogP contribution >= 0.6 is 0 Å². The number of halogens is 3. The van der Waals surface area contributed by atoms with E-state index in [9.17, 15) is 18.0 Å². The van der Waals surface area contributed by atoms with E-state index in [1.807, 2.05) is 9.80 Å². The lowest BCUT2D eigenvalue weighted by molar-refractivity contribution is -0.146. The summed E-state index contributed by atoms with van der Waals surface area (Å²) in [4.78, 5) is 21.3. The number of piperazine rings is 1. The summed E-state index contributed by atoms with van der Waals surface area (Å²) in [7, 11) is 0. The number of aromatic nitrogens is 1. The van der Waals surface area contributed by atoms with Gasteiger partial charge in [0.05, 0.1) is 17.6 Å². The van der Waals surface area contributed by atoms with Crippen LogP contribution in [-0.2, 0) is 15.7 Å². The highest BCUT2D eigenvalue weighted by atomic mass is 19.4. The summed E-state index contributed by atoms with van der Waals surface area (Å²) in [6.45, 7) is 3.16. The maximum absolute atomic E-state index is 13.5. The maximum atomic E-state index is 13.5. The van der Waals surface area contributed by atoms with E-state index in [1.54, 1.807) is 0 Å². The lowest BCUT2D eigenvalue weighted by Gasteiger charge is -2.42. The Bertz CT molecular complexity index is 745. The van der Waals surface area contributed by atoms with Crippen LogP contribution in [0.1, 0.15) is 31.2 Å². The Morgan fingerprint density at radius 3 is 2.59 bits per heavy atom. The van der Waals surface area contributed by atoms with Gasteiger partial charge in [-0.15, -0.1) is 0 Å². The molecule has 29 heavy (non-hydrogen) atoms. The topological polar surface area (TPSA) is 71.7 Å². The van der Waals surface area contributed by atoms with Gasteiger partial charge in [-0.2, -0.15) is 13.2 Å². The molecule has 1 aromatic heterocycles. The number of carbonyl (C=O) groups excluding carboxylic acids is 1. The predicted octanol–water partition coefficient (Wildman–Crippen LogP) is 2.28. The van der Waals surface area contributed by atoms with Gasteiger partial charge in [0.25, 0.3) is 0 Å². The first-order valence-electron chi connectivity index (χ1n) is 10.2. The molecule has 3 aliphatic rings. The SMILES string of the molecule is N[C@@H]1CC[C@@](C(=O)N2CCN(c3cc(C(F)(F)F)ccn3)CC2)([C@H]2CCOC2)C1. The van der Waals surface area contributed by atoms with Crippen molar-refractivity contribution in [1.82, 2.24) is 9.88 Å². The molecule has 1 aromatic rings. The summed E-state index contributed by atoms with van der Waals surface area (Å²) in [6.07, 6.45) is -0.00818. The molecule has 0 radical (unpaired) electrons. The number of carbonyl (C=O) groups is 1. The fourth-order valence-corrected chi connectivity index (χ4v) is 5.05. The van der Waals surface area contributed by atoms with Crippen LogP contribution in [0.5, 0.6) is 0 Å². The van der Waals surface area contributed by atoms with Crippen LogP contribution in [0.2, 0.25) is 0 Å². The predicted molar refractivity (Wildman–Crippen MR) is 101 cm³/mol. The van der Waals surface area contributed by atoms with Crippen molar-refractivity contribution in [2.75, 3.05) is 44.3 Å². The third-order valence-corrected chi connectivity index (χ3v) is 6.69. The Morgan fingerprint density at radius 1 is 1.24 bits per heavy atom. The van der Waals surface area contributed by atoms with Crippen molar-refractivity contribution in [2.45, 2.75) is 37.9 Å². The van der Waals surface area contributed by atoms with Crippen molar-refractivity contribution in [3.05, 3.63) is 23.9 Å². The van der Waals surface area contributed by atoms with E-state index in [4.69, 9.17) is 10.5 Å². The molecular weight excluding hydrogens is 385 g/mol. The second-order valence-electron chi connectivity index (χ2n) is 8.40. The second kappa shape index (κ2) is 7.75. The van der Waals surface area contributed by atoms with Gasteiger partial charge in [-0.05, 0) is 43.7 Å². The van der Waals surface area contributed by atoms with E-state index in [2.05, 4.69) is 4.98 Å². The standard InChI is InChI=1S/C20H27F3N4O2/c21-20(22,23)14-2-5-25-17(11-14)26-6-8-27(9-7-26)18(28)19(4-1-16(24)12-19)15-3-10-29-13-15/h2,5,11,15-16H,1,3-4,6-10,12-13,24H2/t15-,16+,19-/m0/s1. The molecule has 3 heterocycles. The molecule has 160 valence electrons. The number of pyridine rings is 1. The number of nitrogens with zero attached hydrogens (tertiary/aromatic N) is 3. The van der Waals surface area contributed by atoms with E-state index >= 15 is 0 Å². The number of hydrogen-bond donors (Lipinski definition) is 1. The molecule has 2 N–H and O–H groups in total. The minimum Gasteiger partial charge on any atom is -0.381 e. The Morgan fingerprint density at radius 2 is 2.00 bits per heavy atom. The summed E-state index contributed by atoms with van der Waals surface area (Å²) in [6, 6.07) is 2.08. The number of nitrogens with two attached hydrogens (primary N) is 1. The zero-order chi connectivity index (χ0) is 20.6. The third kappa shape index (κ3) is 3.94. The summed E-state index contributed by atoms with van der Waals surface area (Å²) < 4.78 is 44.5.